The summed E-state index contributed by atoms with van der Waals surface area (Å²) in [6, 6.07) is 15.8. The van der Waals surface area contributed by atoms with Crippen molar-refractivity contribution in [3.63, 3.8) is 0 Å². The van der Waals surface area contributed by atoms with Gasteiger partial charge in [0.25, 0.3) is 5.91 Å². The Morgan fingerprint density at radius 1 is 1.03 bits per heavy atom. The molecule has 0 unspecified atom stereocenters. The number of benzene rings is 2. The molecule has 31 heavy (non-hydrogen) atoms. The smallest absolute Gasteiger partial charge is 0.273 e. The molecule has 7 nitrogen and oxygen atoms in total. The van der Waals surface area contributed by atoms with Crippen molar-refractivity contribution in [3.05, 3.63) is 70.7 Å². The Morgan fingerprint density at radius 3 is 2.29 bits per heavy atom. The number of piperazine rings is 1. The minimum Gasteiger partial charge on any atom is -0.335 e. The molecule has 1 aromatic heterocycles. The molecular weight excluding hydrogens is 432 g/mol. The number of aromatic nitrogens is 1. The van der Waals surface area contributed by atoms with Gasteiger partial charge >= 0.3 is 0 Å². The normalized spacial score (nSPS) is 14.9. The van der Waals surface area contributed by atoms with Crippen molar-refractivity contribution in [2.75, 3.05) is 26.2 Å². The summed E-state index contributed by atoms with van der Waals surface area (Å²) in [7, 11) is -3.66. The van der Waals surface area contributed by atoms with Gasteiger partial charge in [-0.3, -0.25) is 4.79 Å². The van der Waals surface area contributed by atoms with Crippen molar-refractivity contribution in [1.29, 1.82) is 5.26 Å². The van der Waals surface area contributed by atoms with Gasteiger partial charge in [-0.1, -0.05) is 29.8 Å². The second kappa shape index (κ2) is 8.59. The zero-order chi connectivity index (χ0) is 22.0. The van der Waals surface area contributed by atoms with E-state index < -0.39 is 10.0 Å². The van der Waals surface area contributed by atoms with Gasteiger partial charge in [0.2, 0.25) is 10.0 Å². The molecule has 1 saturated heterocycles. The SMILES string of the molecule is Cc1ccc(-c2nc(C(=O)N3CCN(S(=O)(=O)c4ccc(C#N)cc4)CC3)cs2)cc1. The molecule has 0 spiro atoms. The number of amides is 1. The third-order valence-corrected chi connectivity index (χ3v) is 7.97. The van der Waals surface area contributed by atoms with E-state index in [4.69, 9.17) is 5.26 Å². The highest BCUT2D eigenvalue weighted by atomic mass is 32.2. The number of rotatable bonds is 4. The van der Waals surface area contributed by atoms with Crippen molar-refractivity contribution in [3.8, 4) is 16.6 Å². The summed E-state index contributed by atoms with van der Waals surface area (Å²) in [5.74, 6) is -0.190. The maximum atomic E-state index is 12.9. The van der Waals surface area contributed by atoms with Crippen LogP contribution in [0.5, 0.6) is 0 Å². The van der Waals surface area contributed by atoms with Gasteiger partial charge < -0.3 is 4.90 Å². The lowest BCUT2D eigenvalue weighted by Crippen LogP contribution is -2.50. The van der Waals surface area contributed by atoms with E-state index in [1.807, 2.05) is 37.3 Å². The summed E-state index contributed by atoms with van der Waals surface area (Å²) in [6.07, 6.45) is 0. The number of nitriles is 1. The molecule has 1 fully saturated rings. The summed E-state index contributed by atoms with van der Waals surface area (Å²) in [4.78, 5) is 19.1. The molecule has 2 heterocycles. The van der Waals surface area contributed by atoms with Gasteiger partial charge in [-0.25, -0.2) is 13.4 Å². The topological polar surface area (TPSA) is 94.4 Å². The average Bonchev–Trinajstić information content (AvgIpc) is 3.29. The van der Waals surface area contributed by atoms with Crippen LogP contribution in [0, 0.1) is 18.3 Å². The molecule has 0 radical (unpaired) electrons. The van der Waals surface area contributed by atoms with Crippen molar-refractivity contribution in [2.45, 2.75) is 11.8 Å². The fourth-order valence-corrected chi connectivity index (χ4v) is 5.57. The summed E-state index contributed by atoms with van der Waals surface area (Å²) in [5, 5.41) is 11.4. The summed E-state index contributed by atoms with van der Waals surface area (Å²) >= 11 is 1.42. The van der Waals surface area contributed by atoms with Crippen LogP contribution in [0.1, 0.15) is 21.6 Å². The number of hydrogen-bond acceptors (Lipinski definition) is 6. The Labute approximate surface area is 185 Å². The molecule has 1 aliphatic rings. The van der Waals surface area contributed by atoms with Crippen LogP contribution < -0.4 is 0 Å². The van der Waals surface area contributed by atoms with E-state index in [1.54, 1.807) is 10.3 Å². The van der Waals surface area contributed by atoms with Crippen molar-refractivity contribution >= 4 is 27.3 Å². The number of hydrogen-bond donors (Lipinski definition) is 0. The molecule has 9 heteroatoms. The van der Waals surface area contributed by atoms with Gasteiger partial charge in [-0.05, 0) is 31.2 Å². The first kappa shape index (κ1) is 21.2. The van der Waals surface area contributed by atoms with Gasteiger partial charge in [0, 0.05) is 37.1 Å². The lowest BCUT2D eigenvalue weighted by Gasteiger charge is -2.33. The van der Waals surface area contributed by atoms with Crippen LogP contribution in [-0.2, 0) is 10.0 Å². The van der Waals surface area contributed by atoms with Crippen molar-refractivity contribution in [2.24, 2.45) is 0 Å². The highest BCUT2D eigenvalue weighted by molar-refractivity contribution is 7.89. The molecule has 0 atom stereocenters. The quantitative estimate of drug-likeness (QED) is 0.606. The van der Waals surface area contributed by atoms with E-state index in [9.17, 15) is 13.2 Å². The number of carbonyl (C=O) groups excluding carboxylic acids is 1. The highest BCUT2D eigenvalue weighted by Gasteiger charge is 2.31. The van der Waals surface area contributed by atoms with Gasteiger partial charge in [0.1, 0.15) is 10.7 Å². The summed E-state index contributed by atoms with van der Waals surface area (Å²) in [6.45, 7) is 3.03. The van der Waals surface area contributed by atoms with Crippen LogP contribution in [0.4, 0.5) is 0 Å². The minimum atomic E-state index is -3.66. The second-order valence-corrected chi connectivity index (χ2v) is 10.0. The van der Waals surface area contributed by atoms with E-state index in [-0.39, 0.29) is 23.9 Å². The number of thiazole rings is 1. The lowest BCUT2D eigenvalue weighted by atomic mass is 10.2. The lowest BCUT2D eigenvalue weighted by molar-refractivity contribution is 0.0693. The molecule has 3 aromatic rings. The average molecular weight is 453 g/mol. The van der Waals surface area contributed by atoms with Crippen LogP contribution in [0.2, 0.25) is 0 Å². The standard InChI is InChI=1S/C22H20N4O3S2/c1-16-2-6-18(7-3-16)21-24-20(15-30-21)22(27)25-10-12-26(13-11-25)31(28,29)19-8-4-17(14-23)5-9-19/h2-9,15H,10-13H2,1H3. The van der Waals surface area contributed by atoms with Crippen molar-refractivity contribution < 1.29 is 13.2 Å². The zero-order valence-corrected chi connectivity index (χ0v) is 18.5. The molecule has 1 amide bonds. The fraction of sp³-hybridized carbons (Fsp3) is 0.227. The maximum Gasteiger partial charge on any atom is 0.273 e. The van der Waals surface area contributed by atoms with Gasteiger partial charge in [-0.15, -0.1) is 11.3 Å². The second-order valence-electron chi connectivity index (χ2n) is 7.24. The van der Waals surface area contributed by atoms with Gasteiger partial charge in [0.15, 0.2) is 0 Å². The van der Waals surface area contributed by atoms with Crippen LogP contribution >= 0.6 is 11.3 Å². The van der Waals surface area contributed by atoms with E-state index in [0.717, 1.165) is 16.1 Å². The third kappa shape index (κ3) is 4.37. The number of aryl methyl sites for hydroxylation is 1. The molecule has 4 rings (SSSR count). The van der Waals surface area contributed by atoms with Crippen molar-refractivity contribution in [1.82, 2.24) is 14.2 Å². The van der Waals surface area contributed by atoms with Crippen LogP contribution in [0.15, 0.2) is 58.8 Å². The van der Waals surface area contributed by atoms with Crippen LogP contribution in [0.3, 0.4) is 0 Å². The Kier molecular flexibility index (Phi) is 5.87. The van der Waals surface area contributed by atoms with Gasteiger partial charge in [-0.2, -0.15) is 9.57 Å². The van der Waals surface area contributed by atoms with Gasteiger partial charge in [0.05, 0.1) is 16.5 Å². The van der Waals surface area contributed by atoms with E-state index in [1.165, 1.54) is 39.9 Å². The maximum absolute atomic E-state index is 12.9. The predicted molar refractivity (Wildman–Crippen MR) is 118 cm³/mol. The molecule has 2 aromatic carbocycles. The van der Waals surface area contributed by atoms with Crippen LogP contribution in [-0.4, -0.2) is 54.7 Å². The first-order valence-electron chi connectivity index (χ1n) is 9.70. The third-order valence-electron chi connectivity index (χ3n) is 5.17. The number of carbonyl (C=O) groups is 1. The molecule has 1 aliphatic heterocycles. The summed E-state index contributed by atoms with van der Waals surface area (Å²) in [5.41, 5.74) is 2.91. The van der Waals surface area contributed by atoms with E-state index in [0.29, 0.717) is 24.3 Å². The number of sulfonamides is 1. The van der Waals surface area contributed by atoms with Crippen LogP contribution in [0.25, 0.3) is 10.6 Å². The highest BCUT2D eigenvalue weighted by Crippen LogP contribution is 2.25. The fourth-order valence-electron chi connectivity index (χ4n) is 3.34. The molecule has 0 saturated carbocycles. The summed E-state index contributed by atoms with van der Waals surface area (Å²) < 4.78 is 27.1. The first-order valence-corrected chi connectivity index (χ1v) is 12.0. The van der Waals surface area contributed by atoms with E-state index in [2.05, 4.69) is 4.98 Å². The predicted octanol–water partition coefficient (Wildman–Crippen LogP) is 3.14. The Bertz CT molecular complexity index is 1240. The largest absolute Gasteiger partial charge is 0.335 e. The molecular formula is C22H20N4O3S2. The van der Waals surface area contributed by atoms with E-state index >= 15 is 0 Å². The Morgan fingerprint density at radius 2 is 1.68 bits per heavy atom. The monoisotopic (exact) mass is 452 g/mol. The molecule has 0 bridgehead atoms. The first-order chi connectivity index (χ1) is 14.9. The molecule has 0 aliphatic carbocycles. The Hall–Kier alpha value is -3.06. The Balaban J connectivity index is 1.42. The molecule has 0 N–H and O–H groups in total. The minimum absolute atomic E-state index is 0.147. The zero-order valence-electron chi connectivity index (χ0n) is 16.9. The number of nitrogens with zero attached hydrogens (tertiary/aromatic N) is 4. The molecule has 158 valence electrons.